The van der Waals surface area contributed by atoms with Crippen LogP contribution in [0.25, 0.3) is 0 Å². The molecule has 0 aliphatic rings. The number of aryl methyl sites for hydroxylation is 1. The van der Waals surface area contributed by atoms with Crippen LogP contribution < -0.4 is 0 Å². The van der Waals surface area contributed by atoms with Crippen LogP contribution in [0.3, 0.4) is 0 Å². The number of hydrogen-bond acceptors (Lipinski definition) is 3. The monoisotopic (exact) mass is 356 g/mol. The number of hydrogen-bond donors (Lipinski definition) is 0. The number of nitrogens with zero attached hydrogens (tertiary/aromatic N) is 4. The molecular formula is C22H36N4. The minimum atomic E-state index is 0.400. The molecule has 0 fully saturated rings. The van der Waals surface area contributed by atoms with Gasteiger partial charge in [-0.2, -0.15) is 0 Å². The van der Waals surface area contributed by atoms with E-state index in [1.807, 2.05) is 0 Å². The highest BCUT2D eigenvalue weighted by Crippen LogP contribution is 2.28. The number of rotatable bonds is 10. The van der Waals surface area contributed by atoms with Crippen molar-refractivity contribution in [1.82, 2.24) is 19.7 Å². The molecule has 0 N–H and O–H groups in total. The Labute approximate surface area is 159 Å². The Balaban J connectivity index is 2.19. The summed E-state index contributed by atoms with van der Waals surface area (Å²) in [5.41, 5.74) is 1.39. The molecule has 26 heavy (non-hydrogen) atoms. The van der Waals surface area contributed by atoms with Crippen molar-refractivity contribution < 1.29 is 0 Å². The number of benzene rings is 1. The Morgan fingerprint density at radius 3 is 2.23 bits per heavy atom. The maximum Gasteiger partial charge on any atom is 0.135 e. The van der Waals surface area contributed by atoms with Gasteiger partial charge in [0.2, 0.25) is 0 Å². The van der Waals surface area contributed by atoms with Gasteiger partial charge >= 0.3 is 0 Å². The van der Waals surface area contributed by atoms with Crippen molar-refractivity contribution in [3.05, 3.63) is 47.5 Å². The van der Waals surface area contributed by atoms with Gasteiger partial charge in [-0.3, -0.25) is 4.90 Å². The summed E-state index contributed by atoms with van der Waals surface area (Å²) < 4.78 is 2.39. The quantitative estimate of drug-likeness (QED) is 0.575. The predicted molar refractivity (Wildman–Crippen MR) is 109 cm³/mol. The van der Waals surface area contributed by atoms with Gasteiger partial charge in [-0.1, -0.05) is 65.0 Å². The molecule has 0 amide bonds. The highest BCUT2D eigenvalue weighted by Gasteiger charge is 2.24. The van der Waals surface area contributed by atoms with Crippen LogP contribution in [-0.4, -0.2) is 32.3 Å². The number of aromatic nitrogens is 3. The van der Waals surface area contributed by atoms with Gasteiger partial charge in [0.15, 0.2) is 0 Å². The van der Waals surface area contributed by atoms with Crippen molar-refractivity contribution in [2.24, 2.45) is 0 Å². The molecule has 0 aliphatic heterocycles. The minimum absolute atomic E-state index is 0.400. The molecule has 0 saturated carbocycles. The molecule has 0 saturated heterocycles. The van der Waals surface area contributed by atoms with Gasteiger partial charge in [-0.25, -0.2) is 0 Å². The molecular weight excluding hydrogens is 320 g/mol. The van der Waals surface area contributed by atoms with Gasteiger partial charge in [-0.05, 0) is 38.3 Å². The van der Waals surface area contributed by atoms with Crippen LogP contribution in [0.4, 0.5) is 0 Å². The summed E-state index contributed by atoms with van der Waals surface area (Å²) in [4.78, 5) is 2.62. The molecule has 1 aromatic heterocycles. The van der Waals surface area contributed by atoms with E-state index in [4.69, 9.17) is 0 Å². The summed E-state index contributed by atoms with van der Waals surface area (Å²) in [6.45, 7) is 15.5. The Kier molecular flexibility index (Phi) is 7.83. The fraction of sp³-hybridized carbons (Fsp3) is 0.636. The topological polar surface area (TPSA) is 34.0 Å². The van der Waals surface area contributed by atoms with Gasteiger partial charge in [0, 0.05) is 24.5 Å². The van der Waals surface area contributed by atoms with Gasteiger partial charge < -0.3 is 4.57 Å². The Bertz CT molecular complexity index is 647. The second-order valence-corrected chi connectivity index (χ2v) is 7.54. The van der Waals surface area contributed by atoms with Crippen LogP contribution in [0.1, 0.15) is 83.1 Å². The first-order chi connectivity index (χ1) is 12.5. The fourth-order valence-electron chi connectivity index (χ4n) is 3.89. The average Bonchev–Trinajstić information content (AvgIpc) is 3.04. The zero-order valence-corrected chi connectivity index (χ0v) is 17.4. The Morgan fingerprint density at radius 1 is 1.00 bits per heavy atom. The van der Waals surface area contributed by atoms with Crippen molar-refractivity contribution in [2.75, 3.05) is 6.54 Å². The maximum absolute atomic E-state index is 4.45. The predicted octanol–water partition coefficient (Wildman–Crippen LogP) is 5.35. The summed E-state index contributed by atoms with van der Waals surface area (Å²) in [7, 11) is 0. The van der Waals surface area contributed by atoms with E-state index in [0.717, 1.165) is 44.0 Å². The van der Waals surface area contributed by atoms with Crippen molar-refractivity contribution in [3.63, 3.8) is 0 Å². The molecule has 0 radical (unpaired) electrons. The van der Waals surface area contributed by atoms with Gasteiger partial charge in [0.1, 0.15) is 11.6 Å². The standard InChI is InChI=1S/C22H36N4/c1-7-20(25(9-3)16-19-13-11-10-12-14-19)15-21(8-2)26-18(6)23-24-22(26)17(4)5/h10-14,17,20-21H,7-9,15-16H2,1-6H3. The summed E-state index contributed by atoms with van der Waals surface area (Å²) >= 11 is 0. The lowest BCUT2D eigenvalue weighted by molar-refractivity contribution is 0.161. The van der Waals surface area contributed by atoms with E-state index in [9.17, 15) is 0 Å². The molecule has 2 unspecified atom stereocenters. The second-order valence-electron chi connectivity index (χ2n) is 7.54. The fourth-order valence-corrected chi connectivity index (χ4v) is 3.89. The van der Waals surface area contributed by atoms with Crippen molar-refractivity contribution in [1.29, 1.82) is 0 Å². The van der Waals surface area contributed by atoms with Crippen LogP contribution in [0.5, 0.6) is 0 Å². The molecule has 144 valence electrons. The normalized spacial score (nSPS) is 14.2. The lowest BCUT2D eigenvalue weighted by Gasteiger charge is -2.34. The molecule has 0 bridgehead atoms. The summed E-state index contributed by atoms with van der Waals surface area (Å²) in [5, 5.41) is 8.82. The van der Waals surface area contributed by atoms with E-state index < -0.39 is 0 Å². The largest absolute Gasteiger partial charge is 0.312 e. The van der Waals surface area contributed by atoms with Crippen molar-refractivity contribution in [2.45, 2.75) is 85.4 Å². The highest BCUT2D eigenvalue weighted by molar-refractivity contribution is 5.14. The molecule has 4 heteroatoms. The molecule has 0 aliphatic carbocycles. The Morgan fingerprint density at radius 2 is 1.69 bits per heavy atom. The third kappa shape index (κ3) is 4.94. The van der Waals surface area contributed by atoms with E-state index >= 15 is 0 Å². The lowest BCUT2D eigenvalue weighted by Crippen LogP contribution is -2.36. The van der Waals surface area contributed by atoms with Crippen LogP contribution in [0, 0.1) is 6.92 Å². The van der Waals surface area contributed by atoms with E-state index in [1.165, 1.54) is 5.56 Å². The molecule has 2 atom stereocenters. The zero-order valence-electron chi connectivity index (χ0n) is 17.4. The zero-order chi connectivity index (χ0) is 19.1. The van der Waals surface area contributed by atoms with E-state index in [2.05, 4.69) is 91.5 Å². The highest BCUT2D eigenvalue weighted by atomic mass is 15.3. The third-order valence-corrected chi connectivity index (χ3v) is 5.41. The van der Waals surface area contributed by atoms with Crippen LogP contribution >= 0.6 is 0 Å². The smallest absolute Gasteiger partial charge is 0.135 e. The van der Waals surface area contributed by atoms with Crippen LogP contribution in [-0.2, 0) is 6.54 Å². The van der Waals surface area contributed by atoms with E-state index in [0.29, 0.717) is 18.0 Å². The van der Waals surface area contributed by atoms with Crippen LogP contribution in [0.15, 0.2) is 30.3 Å². The van der Waals surface area contributed by atoms with E-state index in [-0.39, 0.29) is 0 Å². The van der Waals surface area contributed by atoms with Crippen molar-refractivity contribution >= 4 is 0 Å². The lowest BCUT2D eigenvalue weighted by atomic mass is 9.99. The van der Waals surface area contributed by atoms with Gasteiger partial charge in [-0.15, -0.1) is 10.2 Å². The van der Waals surface area contributed by atoms with E-state index in [1.54, 1.807) is 0 Å². The summed E-state index contributed by atoms with van der Waals surface area (Å²) in [5.74, 6) is 2.56. The molecule has 1 aromatic carbocycles. The molecule has 2 rings (SSSR count). The Hall–Kier alpha value is -1.68. The second kappa shape index (κ2) is 9.86. The maximum atomic E-state index is 4.45. The summed E-state index contributed by atoms with van der Waals surface area (Å²) in [6.07, 6.45) is 3.42. The molecule has 2 aromatic rings. The molecule has 1 heterocycles. The van der Waals surface area contributed by atoms with Crippen molar-refractivity contribution in [3.8, 4) is 0 Å². The minimum Gasteiger partial charge on any atom is -0.312 e. The molecule has 0 spiro atoms. The molecule has 4 nitrogen and oxygen atoms in total. The van der Waals surface area contributed by atoms with Gasteiger partial charge in [0.05, 0.1) is 0 Å². The summed E-state index contributed by atoms with van der Waals surface area (Å²) in [6, 6.07) is 11.8. The third-order valence-electron chi connectivity index (χ3n) is 5.41. The first kappa shape index (κ1) is 20.6. The van der Waals surface area contributed by atoms with Crippen LogP contribution in [0.2, 0.25) is 0 Å². The average molecular weight is 357 g/mol. The SMILES string of the molecule is CCC(CC(CC)n1c(C)nnc1C(C)C)N(CC)Cc1ccccc1. The first-order valence-corrected chi connectivity index (χ1v) is 10.2. The first-order valence-electron chi connectivity index (χ1n) is 10.2. The van der Waals surface area contributed by atoms with Gasteiger partial charge in [0.25, 0.3) is 0 Å².